The molecule has 0 saturated carbocycles. The molecule has 1 rings (SSSR count). The maximum Gasteiger partial charge on any atom is 0.346 e. The zero-order valence-corrected chi connectivity index (χ0v) is 10.7. The fourth-order valence-corrected chi connectivity index (χ4v) is 1.55. The van der Waals surface area contributed by atoms with Crippen molar-refractivity contribution in [2.24, 2.45) is 0 Å². The van der Waals surface area contributed by atoms with Crippen LogP contribution in [-0.2, 0) is 9.53 Å². The standard InChI is InChI=1S/C12H15NO5/c1-7-5-8(2)11(6-10(7)13(15)16)18-9(3)12(14)17-4/h5-6,9H,1-4H3/t9-/m0/s1. The Bertz CT molecular complexity index is 484. The summed E-state index contributed by atoms with van der Waals surface area (Å²) in [6, 6.07) is 2.97. The first-order valence-electron chi connectivity index (χ1n) is 5.37. The number of carbonyl (C=O) groups is 1. The molecule has 0 unspecified atom stereocenters. The molecule has 1 aromatic rings. The topological polar surface area (TPSA) is 78.7 Å². The summed E-state index contributed by atoms with van der Waals surface area (Å²) in [4.78, 5) is 21.6. The van der Waals surface area contributed by atoms with Crippen LogP contribution in [0.1, 0.15) is 18.1 Å². The van der Waals surface area contributed by atoms with Crippen LogP contribution >= 0.6 is 0 Å². The molecule has 6 nitrogen and oxygen atoms in total. The van der Waals surface area contributed by atoms with E-state index in [0.29, 0.717) is 11.3 Å². The van der Waals surface area contributed by atoms with E-state index in [-0.39, 0.29) is 5.69 Å². The fourth-order valence-electron chi connectivity index (χ4n) is 1.55. The molecule has 0 aliphatic rings. The van der Waals surface area contributed by atoms with Crippen LogP contribution in [0.4, 0.5) is 5.69 Å². The van der Waals surface area contributed by atoms with Gasteiger partial charge >= 0.3 is 5.97 Å². The molecule has 0 aliphatic heterocycles. The van der Waals surface area contributed by atoms with E-state index in [1.165, 1.54) is 20.1 Å². The van der Waals surface area contributed by atoms with Gasteiger partial charge in [0.05, 0.1) is 18.1 Å². The molecule has 0 amide bonds. The van der Waals surface area contributed by atoms with Crippen molar-refractivity contribution in [2.75, 3.05) is 7.11 Å². The van der Waals surface area contributed by atoms with Crippen molar-refractivity contribution >= 4 is 11.7 Å². The van der Waals surface area contributed by atoms with Crippen molar-refractivity contribution in [1.29, 1.82) is 0 Å². The molecule has 0 heterocycles. The van der Waals surface area contributed by atoms with Crippen molar-refractivity contribution in [3.05, 3.63) is 33.4 Å². The van der Waals surface area contributed by atoms with E-state index < -0.39 is 17.0 Å². The van der Waals surface area contributed by atoms with E-state index in [0.717, 1.165) is 5.56 Å². The SMILES string of the molecule is COC(=O)[C@H](C)Oc1cc([N+](=O)[O-])c(C)cc1C. The van der Waals surface area contributed by atoms with Gasteiger partial charge in [0.15, 0.2) is 6.10 Å². The Kier molecular flexibility index (Phi) is 4.25. The van der Waals surface area contributed by atoms with Gasteiger partial charge in [-0.15, -0.1) is 0 Å². The van der Waals surface area contributed by atoms with Gasteiger partial charge in [0.1, 0.15) is 5.75 Å². The van der Waals surface area contributed by atoms with Crippen molar-refractivity contribution in [3.63, 3.8) is 0 Å². The number of hydrogen-bond acceptors (Lipinski definition) is 5. The van der Waals surface area contributed by atoms with Crippen molar-refractivity contribution < 1.29 is 19.2 Å². The number of nitrogens with zero attached hydrogens (tertiary/aromatic N) is 1. The summed E-state index contributed by atoms with van der Waals surface area (Å²) in [5.41, 5.74) is 1.25. The van der Waals surface area contributed by atoms with Gasteiger partial charge < -0.3 is 9.47 Å². The van der Waals surface area contributed by atoms with Crippen LogP contribution in [0.2, 0.25) is 0 Å². The number of hydrogen-bond donors (Lipinski definition) is 0. The highest BCUT2D eigenvalue weighted by Crippen LogP contribution is 2.28. The van der Waals surface area contributed by atoms with Crippen LogP contribution in [0, 0.1) is 24.0 Å². The molecule has 0 spiro atoms. The van der Waals surface area contributed by atoms with Gasteiger partial charge in [-0.25, -0.2) is 4.79 Å². The highest BCUT2D eigenvalue weighted by Gasteiger charge is 2.19. The molecule has 0 fully saturated rings. The van der Waals surface area contributed by atoms with E-state index in [9.17, 15) is 14.9 Å². The van der Waals surface area contributed by atoms with Gasteiger partial charge in [0, 0.05) is 5.56 Å². The number of nitro benzene ring substituents is 1. The lowest BCUT2D eigenvalue weighted by molar-refractivity contribution is -0.385. The van der Waals surface area contributed by atoms with Crippen LogP contribution in [0.5, 0.6) is 5.75 Å². The Balaban J connectivity index is 3.06. The number of ether oxygens (including phenoxy) is 2. The third-order valence-electron chi connectivity index (χ3n) is 2.53. The first kappa shape index (κ1) is 14.0. The Morgan fingerprint density at radius 2 is 1.94 bits per heavy atom. The second-order valence-electron chi connectivity index (χ2n) is 3.94. The van der Waals surface area contributed by atoms with Gasteiger partial charge in [0.2, 0.25) is 0 Å². The van der Waals surface area contributed by atoms with E-state index in [2.05, 4.69) is 4.74 Å². The second kappa shape index (κ2) is 5.48. The highest BCUT2D eigenvalue weighted by atomic mass is 16.6. The monoisotopic (exact) mass is 253 g/mol. The lowest BCUT2D eigenvalue weighted by atomic mass is 10.1. The van der Waals surface area contributed by atoms with Crippen LogP contribution < -0.4 is 4.74 Å². The summed E-state index contributed by atoms with van der Waals surface area (Å²) in [5, 5.41) is 10.8. The summed E-state index contributed by atoms with van der Waals surface area (Å²) < 4.78 is 9.89. The lowest BCUT2D eigenvalue weighted by Gasteiger charge is -2.14. The van der Waals surface area contributed by atoms with Crippen LogP contribution in [0.3, 0.4) is 0 Å². The predicted octanol–water partition coefficient (Wildman–Crippen LogP) is 2.15. The van der Waals surface area contributed by atoms with Crippen LogP contribution in [0.25, 0.3) is 0 Å². The Hall–Kier alpha value is -2.11. The predicted molar refractivity (Wildman–Crippen MR) is 64.7 cm³/mol. The third kappa shape index (κ3) is 2.97. The van der Waals surface area contributed by atoms with E-state index in [1.54, 1.807) is 19.9 Å². The number of carbonyl (C=O) groups excluding carboxylic acids is 1. The number of esters is 1. The third-order valence-corrected chi connectivity index (χ3v) is 2.53. The molecule has 1 aromatic carbocycles. The molecule has 98 valence electrons. The van der Waals surface area contributed by atoms with Crippen molar-refractivity contribution in [1.82, 2.24) is 0 Å². The molecule has 0 saturated heterocycles. The van der Waals surface area contributed by atoms with Gasteiger partial charge in [-0.1, -0.05) is 0 Å². The van der Waals surface area contributed by atoms with E-state index in [4.69, 9.17) is 4.74 Å². The largest absolute Gasteiger partial charge is 0.478 e. The summed E-state index contributed by atoms with van der Waals surface area (Å²) >= 11 is 0. The number of benzene rings is 1. The summed E-state index contributed by atoms with van der Waals surface area (Å²) in [5.74, 6) is -0.220. The van der Waals surface area contributed by atoms with Crippen molar-refractivity contribution in [2.45, 2.75) is 26.9 Å². The summed E-state index contributed by atoms with van der Waals surface area (Å²) in [6.07, 6.45) is -0.809. The fraction of sp³-hybridized carbons (Fsp3) is 0.417. The van der Waals surface area contributed by atoms with Crippen LogP contribution in [-0.4, -0.2) is 24.1 Å². The molecule has 0 aromatic heterocycles. The maximum absolute atomic E-state index is 11.2. The second-order valence-corrected chi connectivity index (χ2v) is 3.94. The zero-order valence-electron chi connectivity index (χ0n) is 10.7. The Morgan fingerprint density at radius 3 is 2.44 bits per heavy atom. The average Bonchev–Trinajstić information content (AvgIpc) is 2.30. The van der Waals surface area contributed by atoms with Gasteiger partial charge in [-0.05, 0) is 32.4 Å². The zero-order chi connectivity index (χ0) is 13.9. The van der Waals surface area contributed by atoms with Crippen molar-refractivity contribution in [3.8, 4) is 5.75 Å². The molecular formula is C12H15NO5. The summed E-state index contributed by atoms with van der Waals surface area (Å²) in [7, 11) is 1.26. The summed E-state index contributed by atoms with van der Waals surface area (Å²) in [6.45, 7) is 4.94. The van der Waals surface area contributed by atoms with E-state index in [1.807, 2.05) is 0 Å². The van der Waals surface area contributed by atoms with E-state index >= 15 is 0 Å². The minimum atomic E-state index is -0.809. The Morgan fingerprint density at radius 1 is 1.33 bits per heavy atom. The first-order valence-corrected chi connectivity index (χ1v) is 5.37. The molecule has 18 heavy (non-hydrogen) atoms. The van der Waals surface area contributed by atoms with Gasteiger partial charge in [0.25, 0.3) is 5.69 Å². The number of methoxy groups -OCH3 is 1. The molecule has 0 aliphatic carbocycles. The Labute approximate surface area is 105 Å². The molecule has 1 atom stereocenters. The smallest absolute Gasteiger partial charge is 0.346 e. The number of aryl methyl sites for hydroxylation is 2. The lowest BCUT2D eigenvalue weighted by Crippen LogP contribution is -2.25. The minimum absolute atomic E-state index is 0.0346. The minimum Gasteiger partial charge on any atom is -0.478 e. The molecule has 0 radical (unpaired) electrons. The molecule has 0 bridgehead atoms. The molecule has 0 N–H and O–H groups in total. The average molecular weight is 253 g/mol. The number of rotatable bonds is 4. The normalized spacial score (nSPS) is 11.8. The quantitative estimate of drug-likeness (QED) is 0.466. The molecular weight excluding hydrogens is 238 g/mol. The van der Waals surface area contributed by atoms with Crippen LogP contribution in [0.15, 0.2) is 12.1 Å². The maximum atomic E-state index is 11.2. The molecule has 6 heteroatoms. The highest BCUT2D eigenvalue weighted by molar-refractivity contribution is 5.74. The van der Waals surface area contributed by atoms with Gasteiger partial charge in [-0.3, -0.25) is 10.1 Å². The van der Waals surface area contributed by atoms with Gasteiger partial charge in [-0.2, -0.15) is 0 Å². The number of nitro groups is 1. The first-order chi connectivity index (χ1) is 8.36.